The van der Waals surface area contributed by atoms with Crippen LogP contribution in [0.4, 0.5) is 0 Å². The predicted molar refractivity (Wildman–Crippen MR) is 110 cm³/mol. The van der Waals surface area contributed by atoms with Gasteiger partial charge in [0, 0.05) is 5.57 Å². The number of Topliss-reactive ketones (excluding diaryl/α,β-unsaturated/α-hetero) is 1. The van der Waals surface area contributed by atoms with Gasteiger partial charge < -0.3 is 10.6 Å². The van der Waals surface area contributed by atoms with E-state index in [2.05, 4.69) is 41.0 Å². The van der Waals surface area contributed by atoms with Gasteiger partial charge >= 0.3 is 0 Å². The van der Waals surface area contributed by atoms with E-state index in [-0.39, 0.29) is 11.8 Å². The molecule has 0 aliphatic carbocycles. The molecular formula is C22H18N2OS. The first kappa shape index (κ1) is 16.5. The lowest BCUT2D eigenvalue weighted by atomic mass is 9.89. The number of nitrogens with one attached hydrogen (secondary N) is 2. The molecule has 0 spiro atoms. The normalized spacial score (nSPS) is 17.0. The van der Waals surface area contributed by atoms with Crippen molar-refractivity contribution in [1.82, 2.24) is 10.6 Å². The van der Waals surface area contributed by atoms with Gasteiger partial charge in [-0.25, -0.2) is 0 Å². The SMILES string of the molecule is CC(=O)C1=C(c2ccccc2)NC(=S)N[C@@H]1c1ccc2ccccc2c1. The van der Waals surface area contributed by atoms with E-state index in [1.807, 2.05) is 42.5 Å². The fourth-order valence-electron chi connectivity index (χ4n) is 3.41. The highest BCUT2D eigenvalue weighted by Gasteiger charge is 2.30. The average molecular weight is 358 g/mol. The van der Waals surface area contributed by atoms with Gasteiger partial charge in [-0.05, 0) is 47.1 Å². The van der Waals surface area contributed by atoms with Crippen molar-refractivity contribution in [3.05, 3.63) is 89.5 Å². The average Bonchev–Trinajstić information content (AvgIpc) is 2.67. The zero-order chi connectivity index (χ0) is 18.1. The van der Waals surface area contributed by atoms with Crippen molar-refractivity contribution in [2.24, 2.45) is 0 Å². The van der Waals surface area contributed by atoms with Crippen molar-refractivity contribution in [2.45, 2.75) is 13.0 Å². The number of hydrogen-bond acceptors (Lipinski definition) is 2. The van der Waals surface area contributed by atoms with Crippen LogP contribution in [-0.4, -0.2) is 10.9 Å². The summed E-state index contributed by atoms with van der Waals surface area (Å²) in [4.78, 5) is 12.6. The minimum atomic E-state index is -0.277. The minimum absolute atomic E-state index is 0.0181. The summed E-state index contributed by atoms with van der Waals surface area (Å²) in [5.41, 5.74) is 3.44. The molecule has 0 amide bonds. The largest absolute Gasteiger partial charge is 0.351 e. The molecule has 3 aromatic rings. The Morgan fingerprint density at radius 3 is 2.35 bits per heavy atom. The predicted octanol–water partition coefficient (Wildman–Crippen LogP) is 4.36. The fraction of sp³-hybridized carbons (Fsp3) is 0.0909. The van der Waals surface area contributed by atoms with E-state index < -0.39 is 0 Å². The number of carbonyl (C=O) groups excluding carboxylic acids is 1. The number of carbonyl (C=O) groups is 1. The Bertz CT molecular complexity index is 1040. The van der Waals surface area contributed by atoms with Gasteiger partial charge in [0.1, 0.15) is 0 Å². The van der Waals surface area contributed by atoms with Crippen LogP contribution < -0.4 is 10.6 Å². The Morgan fingerprint density at radius 2 is 1.62 bits per heavy atom. The monoisotopic (exact) mass is 358 g/mol. The third kappa shape index (κ3) is 3.00. The molecule has 0 fully saturated rings. The summed E-state index contributed by atoms with van der Waals surface area (Å²) in [6.45, 7) is 1.60. The second-order valence-electron chi connectivity index (χ2n) is 6.35. The standard InChI is InChI=1S/C22H18N2OS/c1-14(25)19-20(16-8-3-2-4-9-16)23-22(26)24-21(19)18-12-11-15-7-5-6-10-17(15)13-18/h2-13,21H,1H3,(H2,23,24,26)/t21-/m1/s1. The van der Waals surface area contributed by atoms with E-state index in [1.165, 1.54) is 5.39 Å². The van der Waals surface area contributed by atoms with Gasteiger partial charge in [-0.3, -0.25) is 4.79 Å². The maximum absolute atomic E-state index is 12.6. The third-order valence-corrected chi connectivity index (χ3v) is 4.84. The number of ketones is 1. The Balaban J connectivity index is 1.90. The first-order valence-electron chi connectivity index (χ1n) is 8.50. The quantitative estimate of drug-likeness (QED) is 0.683. The van der Waals surface area contributed by atoms with Crippen molar-refractivity contribution < 1.29 is 4.79 Å². The summed E-state index contributed by atoms with van der Waals surface area (Å²) in [6.07, 6.45) is 0. The molecule has 0 unspecified atom stereocenters. The van der Waals surface area contributed by atoms with Crippen LogP contribution in [0, 0.1) is 0 Å². The summed E-state index contributed by atoms with van der Waals surface area (Å²) in [7, 11) is 0. The number of fused-ring (bicyclic) bond motifs is 1. The zero-order valence-corrected chi connectivity index (χ0v) is 15.1. The van der Waals surface area contributed by atoms with Crippen molar-refractivity contribution >= 4 is 39.6 Å². The lowest BCUT2D eigenvalue weighted by Crippen LogP contribution is -2.44. The topological polar surface area (TPSA) is 41.1 Å². The molecule has 0 bridgehead atoms. The molecule has 3 aromatic carbocycles. The van der Waals surface area contributed by atoms with E-state index >= 15 is 0 Å². The maximum atomic E-state index is 12.6. The number of thiocarbonyl (C=S) groups is 1. The number of benzene rings is 3. The molecule has 1 aliphatic rings. The van der Waals surface area contributed by atoms with Crippen LogP contribution in [0.2, 0.25) is 0 Å². The zero-order valence-electron chi connectivity index (χ0n) is 14.3. The highest BCUT2D eigenvalue weighted by atomic mass is 32.1. The summed E-state index contributed by atoms with van der Waals surface area (Å²) in [5, 5.41) is 9.28. The van der Waals surface area contributed by atoms with Gasteiger partial charge in [0.15, 0.2) is 10.9 Å². The molecule has 128 valence electrons. The summed E-state index contributed by atoms with van der Waals surface area (Å²) in [5.74, 6) is 0.0181. The smallest absolute Gasteiger partial charge is 0.171 e. The molecule has 1 aliphatic heterocycles. The van der Waals surface area contributed by atoms with Crippen LogP contribution in [0.1, 0.15) is 24.1 Å². The van der Waals surface area contributed by atoms with E-state index in [4.69, 9.17) is 12.2 Å². The van der Waals surface area contributed by atoms with E-state index in [0.29, 0.717) is 10.7 Å². The van der Waals surface area contributed by atoms with Crippen LogP contribution in [-0.2, 0) is 4.79 Å². The maximum Gasteiger partial charge on any atom is 0.171 e. The van der Waals surface area contributed by atoms with E-state index in [1.54, 1.807) is 6.92 Å². The summed E-state index contributed by atoms with van der Waals surface area (Å²) >= 11 is 5.43. The summed E-state index contributed by atoms with van der Waals surface area (Å²) in [6, 6.07) is 24.0. The van der Waals surface area contributed by atoms with Gasteiger partial charge in [-0.15, -0.1) is 0 Å². The van der Waals surface area contributed by atoms with Crippen molar-refractivity contribution in [3.8, 4) is 0 Å². The van der Waals surface area contributed by atoms with Gasteiger partial charge in [0.2, 0.25) is 0 Å². The highest BCUT2D eigenvalue weighted by Crippen LogP contribution is 2.32. The first-order chi connectivity index (χ1) is 12.6. The van der Waals surface area contributed by atoms with E-state index in [0.717, 1.165) is 22.2 Å². The Morgan fingerprint density at radius 1 is 0.923 bits per heavy atom. The Kier molecular flexibility index (Phi) is 4.27. The van der Waals surface area contributed by atoms with Gasteiger partial charge in [-0.2, -0.15) is 0 Å². The third-order valence-electron chi connectivity index (χ3n) is 4.62. The van der Waals surface area contributed by atoms with Crippen molar-refractivity contribution in [3.63, 3.8) is 0 Å². The number of rotatable bonds is 3. The van der Waals surface area contributed by atoms with Crippen molar-refractivity contribution in [1.29, 1.82) is 0 Å². The van der Waals surface area contributed by atoms with Crippen LogP contribution in [0.25, 0.3) is 16.5 Å². The second-order valence-corrected chi connectivity index (χ2v) is 6.76. The molecule has 0 aromatic heterocycles. The van der Waals surface area contributed by atoms with Gasteiger partial charge in [0.25, 0.3) is 0 Å². The molecule has 1 atom stereocenters. The first-order valence-corrected chi connectivity index (χ1v) is 8.91. The molecule has 0 radical (unpaired) electrons. The lowest BCUT2D eigenvalue weighted by Gasteiger charge is -2.31. The number of hydrogen-bond donors (Lipinski definition) is 2. The van der Waals surface area contributed by atoms with Crippen LogP contribution >= 0.6 is 12.2 Å². The minimum Gasteiger partial charge on any atom is -0.351 e. The molecule has 2 N–H and O–H groups in total. The molecule has 3 nitrogen and oxygen atoms in total. The molecule has 1 heterocycles. The van der Waals surface area contributed by atoms with E-state index in [9.17, 15) is 4.79 Å². The van der Waals surface area contributed by atoms with Gasteiger partial charge in [-0.1, -0.05) is 66.7 Å². The lowest BCUT2D eigenvalue weighted by molar-refractivity contribution is -0.113. The fourth-order valence-corrected chi connectivity index (χ4v) is 3.63. The molecule has 4 rings (SSSR count). The van der Waals surface area contributed by atoms with Crippen molar-refractivity contribution in [2.75, 3.05) is 0 Å². The van der Waals surface area contributed by atoms with Crippen LogP contribution in [0.5, 0.6) is 0 Å². The molecule has 4 heteroatoms. The molecule has 0 saturated carbocycles. The molecule has 0 saturated heterocycles. The highest BCUT2D eigenvalue weighted by molar-refractivity contribution is 7.80. The molecular weight excluding hydrogens is 340 g/mol. The summed E-state index contributed by atoms with van der Waals surface area (Å²) < 4.78 is 0. The van der Waals surface area contributed by atoms with Crippen LogP contribution in [0.15, 0.2) is 78.4 Å². The Labute approximate surface area is 157 Å². The second kappa shape index (κ2) is 6.73. The van der Waals surface area contributed by atoms with Gasteiger partial charge in [0.05, 0.1) is 11.7 Å². The molecule has 26 heavy (non-hydrogen) atoms. The van der Waals surface area contributed by atoms with Crippen LogP contribution in [0.3, 0.4) is 0 Å². The Hall–Kier alpha value is -2.98.